The van der Waals surface area contributed by atoms with Crippen LogP contribution >= 0.6 is 35.3 Å². The number of carbonyl (C=O) groups is 4. The van der Waals surface area contributed by atoms with Crippen molar-refractivity contribution in [2.75, 3.05) is 23.9 Å². The lowest BCUT2D eigenvalue weighted by molar-refractivity contribution is -0.144. The topological polar surface area (TPSA) is 207 Å². The van der Waals surface area contributed by atoms with E-state index >= 15 is 0 Å². The number of nitrogens with one attached hydrogen (secondary N) is 4. The molecule has 6 aromatic rings. The monoisotopic (exact) mass is 1060 g/mol. The number of hydrogen-bond acceptors (Lipinski definition) is 14. The lowest BCUT2D eigenvalue weighted by Gasteiger charge is -2.50. The second-order valence-electron chi connectivity index (χ2n) is 17.8. The van der Waals surface area contributed by atoms with E-state index in [2.05, 4.69) is 26.1 Å². The lowest BCUT2D eigenvalue weighted by Crippen LogP contribution is -2.71. The van der Waals surface area contributed by atoms with Gasteiger partial charge in [0.2, 0.25) is 20.7 Å². The van der Waals surface area contributed by atoms with E-state index in [-0.39, 0.29) is 34.6 Å². The number of oxime groups is 1. The van der Waals surface area contributed by atoms with Gasteiger partial charge in [-0.2, -0.15) is 0 Å². The minimum atomic E-state index is -3.83. The number of urea groups is 1. The molecule has 0 radical (unpaired) electrons. The molecule has 376 valence electrons. The standard InChI is InChI=1S/C53H51N7O9S4/c1-52(2,3)68-51(64)57-50-55-40(33-72-50)41(58-69-53(37-24-14-7-15-25-37,38-26-16-8-17-27-38)39-28-18-9-19-29-39)45(61)56-42-46(62)60-43(36(32-71-47(42)60)30-31-54-49(63)59-73(4,65)66)48(70)67-44(34-20-10-5-11-21-34)35-22-12-6-13-23-35/h5-29,33,42,44,47H,30-32H2,1-4H3,(H,56,61)(H2,54,59,63)(H,55,57,64)/b58-41-/t42?,47-/m1/s1. The molecule has 8 rings (SSSR count). The number of aromatic nitrogens is 1. The van der Waals surface area contributed by atoms with E-state index in [1.165, 1.54) is 22.0 Å². The van der Waals surface area contributed by atoms with Gasteiger partial charge in [0.25, 0.3) is 11.8 Å². The summed E-state index contributed by atoms with van der Waals surface area (Å²) in [5.74, 6) is -1.03. The van der Waals surface area contributed by atoms with Gasteiger partial charge in [0, 0.05) is 34.4 Å². The first kappa shape index (κ1) is 51.9. The van der Waals surface area contributed by atoms with Crippen molar-refractivity contribution < 1.29 is 41.9 Å². The largest absolute Gasteiger partial charge is 0.469 e. The zero-order chi connectivity index (χ0) is 51.8. The first-order valence-electron chi connectivity index (χ1n) is 22.9. The Hall–Kier alpha value is -7.39. The number of rotatable bonds is 17. The van der Waals surface area contributed by atoms with Crippen molar-refractivity contribution in [3.05, 3.63) is 202 Å². The first-order valence-corrected chi connectivity index (χ1v) is 27.2. The third-order valence-electron chi connectivity index (χ3n) is 11.3. The summed E-state index contributed by atoms with van der Waals surface area (Å²) in [5.41, 5.74) is 2.18. The van der Waals surface area contributed by atoms with Crippen LogP contribution in [0.25, 0.3) is 0 Å². The van der Waals surface area contributed by atoms with Gasteiger partial charge >= 0.3 is 12.1 Å². The Balaban J connectivity index is 1.14. The summed E-state index contributed by atoms with van der Waals surface area (Å²) in [6.45, 7) is 5.18. The molecule has 3 heterocycles. The molecule has 2 atom stereocenters. The van der Waals surface area contributed by atoms with Crippen LogP contribution in [0.3, 0.4) is 0 Å². The van der Waals surface area contributed by atoms with Gasteiger partial charge in [-0.15, -0.1) is 23.1 Å². The van der Waals surface area contributed by atoms with E-state index in [0.717, 1.165) is 28.7 Å². The molecule has 5 aromatic carbocycles. The Kier molecular flexibility index (Phi) is 16.1. The smallest absolute Gasteiger partial charge is 0.413 e. The molecule has 20 heteroatoms. The predicted octanol–water partition coefficient (Wildman–Crippen LogP) is 8.64. The number of carbonyl (C=O) groups excluding carboxylic acids is 4. The molecular weight excluding hydrogens is 1010 g/mol. The molecule has 1 fully saturated rings. The molecule has 1 unspecified atom stereocenters. The van der Waals surface area contributed by atoms with Crippen molar-refractivity contribution in [2.45, 2.75) is 55.9 Å². The summed E-state index contributed by atoms with van der Waals surface area (Å²) in [6, 6.07) is 45.2. The second kappa shape index (κ2) is 22.6. The van der Waals surface area contributed by atoms with E-state index in [4.69, 9.17) is 26.5 Å². The number of thiazole rings is 1. The number of fused-ring (bicyclic) bond motifs is 1. The number of anilines is 1. The highest BCUT2D eigenvalue weighted by atomic mass is 32.2. The highest BCUT2D eigenvalue weighted by Crippen LogP contribution is 2.44. The Bertz CT molecular complexity index is 3000. The van der Waals surface area contributed by atoms with Crippen molar-refractivity contribution in [1.82, 2.24) is 25.2 Å². The normalized spacial score (nSPS) is 15.9. The van der Waals surface area contributed by atoms with Crippen LogP contribution in [0.15, 0.2) is 173 Å². The van der Waals surface area contributed by atoms with Crippen LogP contribution < -0.4 is 20.7 Å². The third kappa shape index (κ3) is 12.5. The number of thiocarbonyl (C=S) groups is 1. The van der Waals surface area contributed by atoms with Crippen molar-refractivity contribution in [1.29, 1.82) is 0 Å². The molecule has 1 aromatic heterocycles. The predicted molar refractivity (Wildman–Crippen MR) is 285 cm³/mol. The fourth-order valence-electron chi connectivity index (χ4n) is 8.18. The molecular formula is C53H51N7O9S4. The van der Waals surface area contributed by atoms with Crippen LogP contribution in [-0.2, 0) is 39.5 Å². The van der Waals surface area contributed by atoms with Crippen molar-refractivity contribution >= 4 is 85.2 Å². The Morgan fingerprint density at radius 1 is 0.822 bits per heavy atom. The van der Waals surface area contributed by atoms with E-state index in [9.17, 15) is 27.6 Å². The van der Waals surface area contributed by atoms with Gasteiger partial charge in [0.05, 0.1) is 12.0 Å². The van der Waals surface area contributed by atoms with Gasteiger partial charge in [-0.3, -0.25) is 19.8 Å². The quantitative estimate of drug-likeness (QED) is 0.0223. The van der Waals surface area contributed by atoms with E-state index < -0.39 is 62.7 Å². The van der Waals surface area contributed by atoms with Gasteiger partial charge < -0.3 is 24.9 Å². The highest BCUT2D eigenvalue weighted by Gasteiger charge is 2.54. The molecule has 0 spiro atoms. The molecule has 1 saturated heterocycles. The first-order chi connectivity index (χ1) is 35.0. The molecule has 16 nitrogen and oxygen atoms in total. The van der Waals surface area contributed by atoms with E-state index in [1.807, 2.05) is 156 Å². The van der Waals surface area contributed by atoms with Crippen molar-refractivity contribution in [3.8, 4) is 0 Å². The molecule has 0 saturated carbocycles. The molecule has 5 amide bonds. The molecule has 0 aliphatic carbocycles. The summed E-state index contributed by atoms with van der Waals surface area (Å²) in [7, 11) is -3.83. The van der Waals surface area contributed by atoms with Gasteiger partial charge in [0.1, 0.15) is 28.8 Å². The molecule has 0 bridgehead atoms. The number of β-lactam (4-membered cyclic amide) rings is 1. The van der Waals surface area contributed by atoms with Crippen molar-refractivity contribution in [3.63, 3.8) is 0 Å². The summed E-state index contributed by atoms with van der Waals surface area (Å²) in [4.78, 5) is 67.8. The van der Waals surface area contributed by atoms with Crippen LogP contribution in [-0.4, -0.2) is 88.6 Å². The van der Waals surface area contributed by atoms with Crippen LogP contribution in [0.2, 0.25) is 0 Å². The number of thioether (sulfide) groups is 1. The van der Waals surface area contributed by atoms with Gasteiger partial charge in [-0.05, 0) is 56.1 Å². The van der Waals surface area contributed by atoms with Crippen LogP contribution in [0, 0.1) is 0 Å². The molecule has 4 N–H and O–H groups in total. The minimum absolute atomic E-state index is 0.000984. The molecule has 2 aliphatic rings. The fraction of sp³-hybridized carbons (Fsp3) is 0.226. The van der Waals surface area contributed by atoms with E-state index in [0.29, 0.717) is 33.7 Å². The maximum Gasteiger partial charge on any atom is 0.413 e. The summed E-state index contributed by atoms with van der Waals surface area (Å²) in [5, 5.41) is 13.7. The van der Waals surface area contributed by atoms with Gasteiger partial charge in [0.15, 0.2) is 10.8 Å². The Morgan fingerprint density at radius 2 is 1.34 bits per heavy atom. The number of hydrogen-bond donors (Lipinski definition) is 4. The Labute approximate surface area is 436 Å². The summed E-state index contributed by atoms with van der Waals surface area (Å²) >= 11 is 8.46. The minimum Gasteiger partial charge on any atom is -0.469 e. The maximum absolute atomic E-state index is 15.0. The number of benzene rings is 5. The van der Waals surface area contributed by atoms with E-state index in [1.54, 1.807) is 20.8 Å². The maximum atomic E-state index is 15.0. The summed E-state index contributed by atoms with van der Waals surface area (Å²) in [6.07, 6.45) is -0.394. The SMILES string of the molecule is CC(C)(C)OC(=O)Nc1nc(/C(=N/OC(c2ccccc2)(c2ccccc2)c2ccccc2)C(=O)NC2C(=O)N3C(C(=S)OC(c4ccccc4)c4ccccc4)=C(CCNC(=O)NS(C)(=O)=O)CS[C@H]23)cs1. The molecule has 2 aliphatic heterocycles. The average Bonchev–Trinajstić information content (AvgIpc) is 3.83. The number of ether oxygens (including phenoxy) is 2. The van der Waals surface area contributed by atoms with Crippen molar-refractivity contribution in [2.24, 2.45) is 5.16 Å². The van der Waals surface area contributed by atoms with Crippen LogP contribution in [0.1, 0.15) is 66.8 Å². The highest BCUT2D eigenvalue weighted by molar-refractivity contribution is 8.00. The lowest BCUT2D eigenvalue weighted by atomic mass is 9.80. The Morgan fingerprint density at radius 3 is 1.85 bits per heavy atom. The molecule has 73 heavy (non-hydrogen) atoms. The zero-order valence-corrected chi connectivity index (χ0v) is 43.3. The number of amides is 5. The number of sulfonamides is 1. The van der Waals surface area contributed by atoms with Gasteiger partial charge in [-0.25, -0.2) is 27.7 Å². The van der Waals surface area contributed by atoms with Crippen LogP contribution in [0.5, 0.6) is 0 Å². The average molecular weight is 1060 g/mol. The third-order valence-corrected chi connectivity index (χ3v) is 14.3. The number of nitrogens with zero attached hydrogens (tertiary/aromatic N) is 3. The zero-order valence-electron chi connectivity index (χ0n) is 40.0. The summed E-state index contributed by atoms with van der Waals surface area (Å²) < 4.78 is 37.5. The van der Waals surface area contributed by atoms with Crippen LogP contribution in [0.4, 0.5) is 14.7 Å². The van der Waals surface area contributed by atoms with Gasteiger partial charge in [-0.1, -0.05) is 157 Å². The fourth-order valence-corrected chi connectivity index (χ4v) is 11.0. The second-order valence-corrected chi connectivity index (χ2v) is 21.9.